The summed E-state index contributed by atoms with van der Waals surface area (Å²) in [4.78, 5) is 11.6. The standard InChI is InChI=1S/C22H21FN4.C2H6/c1-14-3-5-16(6-4-14)12-24-20-8-7-17(21(23)27-20)10-18-13-26-22-19(18)9-15(2)11-25-22;1-2/h3-9,11,13H,10,12H2,1-2H3,(H,24,27)(H,25,26);1-2H3. The van der Waals surface area contributed by atoms with Crippen molar-refractivity contribution in [3.8, 4) is 0 Å². The number of anilines is 1. The normalized spacial score (nSPS) is 10.5. The van der Waals surface area contributed by atoms with Crippen LogP contribution in [0.5, 0.6) is 0 Å². The Bertz CT molecular complexity index is 1080. The van der Waals surface area contributed by atoms with E-state index in [2.05, 4.69) is 57.5 Å². The maximum atomic E-state index is 14.5. The van der Waals surface area contributed by atoms with Gasteiger partial charge in [0, 0.05) is 36.3 Å². The molecule has 3 heterocycles. The predicted molar refractivity (Wildman–Crippen MR) is 118 cm³/mol. The number of fused-ring (bicyclic) bond motifs is 1. The van der Waals surface area contributed by atoms with E-state index in [0.29, 0.717) is 24.3 Å². The molecule has 4 nitrogen and oxygen atoms in total. The van der Waals surface area contributed by atoms with E-state index >= 15 is 0 Å². The van der Waals surface area contributed by atoms with Crippen LogP contribution in [0.3, 0.4) is 0 Å². The van der Waals surface area contributed by atoms with Crippen LogP contribution in [0.4, 0.5) is 10.2 Å². The van der Waals surface area contributed by atoms with Gasteiger partial charge in [-0.05, 0) is 42.7 Å². The first kappa shape index (κ1) is 20.5. The summed E-state index contributed by atoms with van der Waals surface area (Å²) >= 11 is 0. The molecule has 0 radical (unpaired) electrons. The highest BCUT2D eigenvalue weighted by molar-refractivity contribution is 5.80. The number of halogens is 1. The molecule has 0 aliphatic rings. The molecule has 0 unspecified atom stereocenters. The van der Waals surface area contributed by atoms with Crippen molar-refractivity contribution in [1.82, 2.24) is 15.0 Å². The van der Waals surface area contributed by atoms with E-state index in [1.54, 1.807) is 6.07 Å². The molecule has 5 heteroatoms. The fraction of sp³-hybridized carbons (Fsp3) is 0.250. The van der Waals surface area contributed by atoms with Gasteiger partial charge in [-0.25, -0.2) is 9.97 Å². The number of aromatic nitrogens is 3. The summed E-state index contributed by atoms with van der Waals surface area (Å²) < 4.78 is 14.5. The molecule has 0 saturated heterocycles. The highest BCUT2D eigenvalue weighted by Gasteiger charge is 2.11. The van der Waals surface area contributed by atoms with Crippen molar-refractivity contribution >= 4 is 16.9 Å². The van der Waals surface area contributed by atoms with Crippen molar-refractivity contribution in [2.24, 2.45) is 0 Å². The zero-order valence-corrected chi connectivity index (χ0v) is 17.4. The molecule has 0 aliphatic carbocycles. The lowest BCUT2D eigenvalue weighted by atomic mass is 10.1. The summed E-state index contributed by atoms with van der Waals surface area (Å²) in [5, 5.41) is 4.20. The van der Waals surface area contributed by atoms with E-state index in [0.717, 1.165) is 27.7 Å². The van der Waals surface area contributed by atoms with Crippen LogP contribution in [-0.2, 0) is 13.0 Å². The van der Waals surface area contributed by atoms with Gasteiger partial charge in [-0.1, -0.05) is 49.7 Å². The van der Waals surface area contributed by atoms with Gasteiger partial charge in [-0.15, -0.1) is 0 Å². The number of nitrogens with zero attached hydrogens (tertiary/aromatic N) is 2. The molecule has 0 amide bonds. The number of hydrogen-bond donors (Lipinski definition) is 2. The molecule has 2 N–H and O–H groups in total. The molecule has 4 aromatic rings. The Morgan fingerprint density at radius 2 is 1.72 bits per heavy atom. The molecular weight excluding hydrogens is 363 g/mol. The molecule has 1 aromatic carbocycles. The Labute approximate surface area is 171 Å². The summed E-state index contributed by atoms with van der Waals surface area (Å²) in [5.41, 5.74) is 5.84. The van der Waals surface area contributed by atoms with Gasteiger partial charge in [-0.2, -0.15) is 4.39 Å². The minimum atomic E-state index is -0.445. The van der Waals surface area contributed by atoms with Gasteiger partial charge in [0.1, 0.15) is 11.5 Å². The number of aryl methyl sites for hydroxylation is 2. The Kier molecular flexibility index (Phi) is 6.60. The van der Waals surface area contributed by atoms with Crippen LogP contribution in [-0.4, -0.2) is 15.0 Å². The van der Waals surface area contributed by atoms with Crippen LogP contribution >= 0.6 is 0 Å². The molecule has 0 atom stereocenters. The summed E-state index contributed by atoms with van der Waals surface area (Å²) in [5.74, 6) is 0.0899. The Balaban J connectivity index is 0.00000117. The van der Waals surface area contributed by atoms with E-state index < -0.39 is 5.95 Å². The van der Waals surface area contributed by atoms with E-state index in [4.69, 9.17) is 0 Å². The number of hydrogen-bond acceptors (Lipinski definition) is 3. The molecule has 0 saturated carbocycles. The molecule has 3 aromatic heterocycles. The van der Waals surface area contributed by atoms with Crippen LogP contribution < -0.4 is 5.32 Å². The van der Waals surface area contributed by atoms with Crippen LogP contribution in [0.15, 0.2) is 54.9 Å². The smallest absolute Gasteiger partial charge is 0.218 e. The molecule has 0 fully saturated rings. The van der Waals surface area contributed by atoms with Crippen molar-refractivity contribution in [3.63, 3.8) is 0 Å². The third-order valence-electron chi connectivity index (χ3n) is 4.65. The lowest BCUT2D eigenvalue weighted by Crippen LogP contribution is -2.04. The van der Waals surface area contributed by atoms with Gasteiger partial charge >= 0.3 is 0 Å². The maximum absolute atomic E-state index is 14.5. The molecule has 4 rings (SSSR count). The fourth-order valence-corrected chi connectivity index (χ4v) is 3.11. The van der Waals surface area contributed by atoms with Crippen LogP contribution in [0, 0.1) is 19.8 Å². The molecule has 0 aliphatic heterocycles. The van der Waals surface area contributed by atoms with E-state index in [1.165, 1.54) is 5.56 Å². The van der Waals surface area contributed by atoms with Crippen LogP contribution in [0.2, 0.25) is 0 Å². The molecule has 150 valence electrons. The summed E-state index contributed by atoms with van der Waals surface area (Å²) in [6.07, 6.45) is 4.18. The average molecular weight is 391 g/mol. The Hall–Kier alpha value is -3.21. The largest absolute Gasteiger partial charge is 0.366 e. The SMILES string of the molecule is CC.Cc1ccc(CNc2ccc(Cc3c[nH]c4ncc(C)cc34)c(F)n2)cc1. The zero-order chi connectivity index (χ0) is 20.8. The van der Waals surface area contributed by atoms with Gasteiger partial charge in [0.25, 0.3) is 0 Å². The quantitative estimate of drug-likeness (QED) is 0.415. The molecule has 0 spiro atoms. The first-order valence-corrected chi connectivity index (χ1v) is 9.96. The van der Waals surface area contributed by atoms with Crippen LogP contribution in [0.25, 0.3) is 11.0 Å². The number of aromatic amines is 1. The minimum absolute atomic E-state index is 0.445. The van der Waals surface area contributed by atoms with Gasteiger partial charge in [-0.3, -0.25) is 0 Å². The second kappa shape index (κ2) is 9.32. The summed E-state index contributed by atoms with van der Waals surface area (Å²) in [7, 11) is 0. The van der Waals surface area contributed by atoms with Crippen molar-refractivity contribution in [2.75, 3.05) is 5.32 Å². The monoisotopic (exact) mass is 390 g/mol. The van der Waals surface area contributed by atoms with E-state index in [9.17, 15) is 4.39 Å². The average Bonchev–Trinajstić information content (AvgIpc) is 3.13. The number of H-pyrrole nitrogens is 1. The summed E-state index contributed by atoms with van der Waals surface area (Å²) in [6, 6.07) is 13.9. The van der Waals surface area contributed by atoms with Crippen molar-refractivity contribution in [1.29, 1.82) is 0 Å². The lowest BCUT2D eigenvalue weighted by Gasteiger charge is -2.08. The first-order chi connectivity index (χ1) is 14.1. The number of pyridine rings is 2. The van der Waals surface area contributed by atoms with Crippen LogP contribution in [0.1, 0.15) is 41.7 Å². The number of nitrogens with one attached hydrogen (secondary N) is 2. The van der Waals surface area contributed by atoms with Gasteiger partial charge in [0.2, 0.25) is 5.95 Å². The molecule has 29 heavy (non-hydrogen) atoms. The number of rotatable bonds is 5. The lowest BCUT2D eigenvalue weighted by molar-refractivity contribution is 0.571. The first-order valence-electron chi connectivity index (χ1n) is 9.96. The minimum Gasteiger partial charge on any atom is -0.366 e. The fourth-order valence-electron chi connectivity index (χ4n) is 3.11. The van der Waals surface area contributed by atoms with Gasteiger partial charge in [0.15, 0.2) is 0 Å². The second-order valence-electron chi connectivity index (χ2n) is 6.89. The topological polar surface area (TPSA) is 53.6 Å². The van der Waals surface area contributed by atoms with Crippen molar-refractivity contribution < 1.29 is 4.39 Å². The van der Waals surface area contributed by atoms with Crippen molar-refractivity contribution in [3.05, 3.63) is 88.6 Å². The third-order valence-corrected chi connectivity index (χ3v) is 4.65. The number of benzene rings is 1. The van der Waals surface area contributed by atoms with E-state index in [1.807, 2.05) is 39.2 Å². The Morgan fingerprint density at radius 3 is 2.45 bits per heavy atom. The van der Waals surface area contributed by atoms with Crippen molar-refractivity contribution in [2.45, 2.75) is 40.7 Å². The Morgan fingerprint density at radius 1 is 0.966 bits per heavy atom. The zero-order valence-electron chi connectivity index (χ0n) is 17.4. The van der Waals surface area contributed by atoms with Gasteiger partial charge in [0.05, 0.1) is 0 Å². The second-order valence-corrected chi connectivity index (χ2v) is 6.89. The maximum Gasteiger partial charge on any atom is 0.218 e. The summed E-state index contributed by atoms with van der Waals surface area (Å²) in [6.45, 7) is 8.66. The third kappa shape index (κ3) is 4.99. The highest BCUT2D eigenvalue weighted by atomic mass is 19.1. The predicted octanol–water partition coefficient (Wildman–Crippen LogP) is 5.94. The van der Waals surface area contributed by atoms with E-state index in [-0.39, 0.29) is 0 Å². The van der Waals surface area contributed by atoms with Gasteiger partial charge < -0.3 is 10.3 Å². The molecule has 0 bridgehead atoms. The highest BCUT2D eigenvalue weighted by Crippen LogP contribution is 2.22. The molecular formula is C24H27FN4.